The van der Waals surface area contributed by atoms with Gasteiger partial charge in [-0.3, -0.25) is 14.4 Å². The lowest BCUT2D eigenvalue weighted by Gasteiger charge is -2.28. The van der Waals surface area contributed by atoms with Gasteiger partial charge in [-0.2, -0.15) is 0 Å². The summed E-state index contributed by atoms with van der Waals surface area (Å²) >= 11 is 0. The van der Waals surface area contributed by atoms with Crippen LogP contribution >= 0.6 is 0 Å². The number of imidazole rings is 1. The number of fused-ring (bicyclic) bond motifs is 4. The van der Waals surface area contributed by atoms with Crippen LogP contribution in [0.1, 0.15) is 70.2 Å². The maximum atomic E-state index is 13.0. The Labute approximate surface area is 218 Å². The molecule has 0 radical (unpaired) electrons. The number of benzene rings is 1. The van der Waals surface area contributed by atoms with Crippen LogP contribution in [0, 0.1) is 11.8 Å². The van der Waals surface area contributed by atoms with Crippen LogP contribution in [0.2, 0.25) is 0 Å². The Morgan fingerprint density at radius 3 is 2.59 bits per heavy atom. The van der Waals surface area contributed by atoms with Crippen LogP contribution in [-0.2, 0) is 19.1 Å². The number of ether oxygens (including phenoxy) is 1. The van der Waals surface area contributed by atoms with Gasteiger partial charge in [-0.05, 0) is 57.1 Å². The minimum atomic E-state index is -0.235. The summed E-state index contributed by atoms with van der Waals surface area (Å²) in [5, 5.41) is 6.21. The topological polar surface area (TPSA) is 139 Å². The van der Waals surface area contributed by atoms with Gasteiger partial charge in [0.25, 0.3) is 0 Å². The van der Waals surface area contributed by atoms with E-state index in [1.807, 2.05) is 36.4 Å². The van der Waals surface area contributed by atoms with E-state index in [1.54, 1.807) is 13.1 Å². The monoisotopic (exact) mass is 509 g/mol. The van der Waals surface area contributed by atoms with Gasteiger partial charge in [0.2, 0.25) is 11.8 Å². The summed E-state index contributed by atoms with van der Waals surface area (Å²) in [6.45, 7) is 2.46. The van der Waals surface area contributed by atoms with Gasteiger partial charge in [-0.15, -0.1) is 0 Å². The number of para-hydroxylation sites is 1. The second-order valence-electron chi connectivity index (χ2n) is 9.47. The molecule has 1 aliphatic heterocycles. The fourth-order valence-corrected chi connectivity index (χ4v) is 4.59. The Morgan fingerprint density at radius 2 is 1.92 bits per heavy atom. The van der Waals surface area contributed by atoms with Crippen LogP contribution in [0.5, 0.6) is 0 Å². The summed E-state index contributed by atoms with van der Waals surface area (Å²) < 4.78 is 4.26. The van der Waals surface area contributed by atoms with Crippen molar-refractivity contribution >= 4 is 23.5 Å². The number of methoxy groups -OCH3 is 1. The normalized spacial score (nSPS) is 22.4. The number of anilines is 1. The zero-order valence-corrected chi connectivity index (χ0v) is 21.8. The number of aromatic nitrogens is 2. The first-order chi connectivity index (χ1) is 17.9. The molecule has 4 rings (SSSR count). The number of carbonyl (C=O) groups excluding carboxylic acids is 3. The van der Waals surface area contributed by atoms with Crippen molar-refractivity contribution in [3.05, 3.63) is 48.4 Å². The van der Waals surface area contributed by atoms with Gasteiger partial charge in [0.05, 0.1) is 30.7 Å². The number of aromatic amines is 1. The Balaban J connectivity index is 0.000000568. The molecule has 2 amide bonds. The van der Waals surface area contributed by atoms with Gasteiger partial charge in [0.1, 0.15) is 5.82 Å². The van der Waals surface area contributed by atoms with E-state index in [0.29, 0.717) is 38.1 Å². The van der Waals surface area contributed by atoms with E-state index in [2.05, 4.69) is 25.3 Å². The van der Waals surface area contributed by atoms with Crippen molar-refractivity contribution in [1.29, 1.82) is 0 Å². The molecule has 1 atom stereocenters. The van der Waals surface area contributed by atoms with Crippen molar-refractivity contribution in [3.8, 4) is 11.3 Å². The summed E-state index contributed by atoms with van der Waals surface area (Å²) in [7, 11) is 1.38. The molecule has 0 saturated heterocycles. The van der Waals surface area contributed by atoms with Crippen LogP contribution in [0.4, 0.5) is 5.69 Å². The molecule has 2 aromatic rings. The van der Waals surface area contributed by atoms with Gasteiger partial charge in [0.15, 0.2) is 0 Å². The summed E-state index contributed by atoms with van der Waals surface area (Å²) in [4.78, 5) is 43.2. The van der Waals surface area contributed by atoms with E-state index < -0.39 is 0 Å². The highest BCUT2D eigenvalue weighted by Gasteiger charge is 2.28. The number of esters is 1. The lowest BCUT2D eigenvalue weighted by atomic mass is 9.81. The van der Waals surface area contributed by atoms with Gasteiger partial charge in [-0.25, -0.2) is 4.98 Å². The van der Waals surface area contributed by atoms with E-state index in [-0.39, 0.29) is 29.7 Å². The third-order valence-corrected chi connectivity index (χ3v) is 6.88. The molecule has 1 aliphatic carbocycles. The molecule has 37 heavy (non-hydrogen) atoms. The average molecular weight is 510 g/mol. The largest absolute Gasteiger partial charge is 0.469 e. The molecule has 5 N–H and O–H groups in total. The summed E-state index contributed by atoms with van der Waals surface area (Å²) in [6, 6.07) is 7.44. The lowest BCUT2D eigenvalue weighted by molar-refractivity contribution is -0.140. The average Bonchev–Trinajstić information content (AvgIpc) is 3.42. The van der Waals surface area contributed by atoms with Crippen molar-refractivity contribution in [2.75, 3.05) is 19.0 Å². The zero-order valence-electron chi connectivity index (χ0n) is 21.8. The number of nitrogens with zero attached hydrogens (tertiary/aromatic N) is 1. The predicted molar refractivity (Wildman–Crippen MR) is 143 cm³/mol. The first-order valence-corrected chi connectivity index (χ1v) is 13.1. The Bertz CT molecular complexity index is 1070. The third-order valence-electron chi connectivity index (χ3n) is 6.88. The van der Waals surface area contributed by atoms with Gasteiger partial charge in [-0.1, -0.05) is 37.3 Å². The number of carbonyl (C=O) groups is 3. The number of nitrogens with two attached hydrogens (primary N) is 1. The maximum Gasteiger partial charge on any atom is 0.305 e. The Hall–Kier alpha value is -3.46. The van der Waals surface area contributed by atoms with Gasteiger partial charge < -0.3 is 26.1 Å². The Morgan fingerprint density at radius 1 is 1.16 bits per heavy atom. The number of hydrogen-bond acceptors (Lipinski definition) is 6. The minimum absolute atomic E-state index is 0.0194. The van der Waals surface area contributed by atoms with Crippen molar-refractivity contribution in [2.24, 2.45) is 17.6 Å². The van der Waals surface area contributed by atoms with Crippen molar-refractivity contribution in [3.63, 3.8) is 0 Å². The SMILES string of the molecule is CCC(=O)OC.NCC1CCC(C(=O)N[C@H]2C/C=C/CCC(=O)Nc3ccccc3-c3cnc2[nH]3)CC1. The highest BCUT2D eigenvalue weighted by atomic mass is 16.5. The molecule has 1 aromatic carbocycles. The fourth-order valence-electron chi connectivity index (χ4n) is 4.59. The summed E-state index contributed by atoms with van der Waals surface area (Å²) in [5.41, 5.74) is 8.24. The number of rotatable bonds is 4. The van der Waals surface area contributed by atoms with E-state index in [4.69, 9.17) is 5.73 Å². The van der Waals surface area contributed by atoms with Crippen molar-refractivity contribution in [1.82, 2.24) is 15.3 Å². The molecule has 9 heteroatoms. The number of amides is 2. The fraction of sp³-hybridized carbons (Fsp3) is 0.500. The second kappa shape index (κ2) is 14.3. The van der Waals surface area contributed by atoms with Crippen LogP contribution in [0.3, 0.4) is 0 Å². The first-order valence-electron chi connectivity index (χ1n) is 13.1. The molecule has 1 aromatic heterocycles. The van der Waals surface area contributed by atoms with Crippen molar-refractivity contribution in [2.45, 2.75) is 64.3 Å². The summed E-state index contributed by atoms with van der Waals surface area (Å²) in [5.74, 6) is 1.22. The quantitative estimate of drug-likeness (QED) is 0.359. The van der Waals surface area contributed by atoms with Gasteiger partial charge in [0, 0.05) is 24.3 Å². The van der Waals surface area contributed by atoms with Crippen LogP contribution < -0.4 is 16.4 Å². The number of allylic oxidation sites excluding steroid dienone is 1. The second-order valence-corrected chi connectivity index (χ2v) is 9.47. The highest BCUT2D eigenvalue weighted by Crippen LogP contribution is 2.31. The molecule has 2 heterocycles. The third kappa shape index (κ3) is 8.28. The maximum absolute atomic E-state index is 13.0. The van der Waals surface area contributed by atoms with Crippen molar-refractivity contribution < 1.29 is 19.1 Å². The molecular weight excluding hydrogens is 470 g/mol. The van der Waals surface area contributed by atoms with E-state index in [1.165, 1.54) is 7.11 Å². The van der Waals surface area contributed by atoms with E-state index in [0.717, 1.165) is 48.5 Å². The molecular formula is C28H39N5O4. The van der Waals surface area contributed by atoms with E-state index in [9.17, 15) is 14.4 Å². The minimum Gasteiger partial charge on any atom is -0.469 e. The molecule has 2 bridgehead atoms. The molecule has 200 valence electrons. The number of nitrogens with one attached hydrogen (secondary N) is 3. The summed E-state index contributed by atoms with van der Waals surface area (Å²) in [6.07, 6.45) is 11.8. The standard InChI is InChI=1S/C24H31N5O2.C4H8O2/c25-14-16-10-12-17(13-11-16)24(31)29-20-8-2-1-3-9-22(30)27-19-7-5-4-6-18(19)21-15-26-23(20)28-21;1-3-4(5)6-2/h1-2,4-7,15-17,20H,3,8-14,25H2,(H,26,28)(H,27,30)(H,29,31);3H2,1-2H3/b2-1+;/t16?,17?,20-;/m0./s1. The van der Waals surface area contributed by atoms with Crippen LogP contribution in [0.15, 0.2) is 42.6 Å². The van der Waals surface area contributed by atoms with Crippen LogP contribution in [0.25, 0.3) is 11.3 Å². The number of H-pyrrole nitrogens is 1. The lowest BCUT2D eigenvalue weighted by Crippen LogP contribution is -2.36. The molecule has 1 fully saturated rings. The molecule has 1 saturated carbocycles. The Kier molecular flexibility index (Phi) is 10.9. The molecule has 0 unspecified atom stereocenters. The highest BCUT2D eigenvalue weighted by molar-refractivity contribution is 5.95. The predicted octanol–water partition coefficient (Wildman–Crippen LogP) is 4.25. The van der Waals surface area contributed by atoms with Gasteiger partial charge >= 0.3 is 5.97 Å². The molecule has 2 aliphatic rings. The van der Waals surface area contributed by atoms with Crippen LogP contribution in [-0.4, -0.2) is 41.4 Å². The smallest absolute Gasteiger partial charge is 0.305 e. The van der Waals surface area contributed by atoms with E-state index >= 15 is 0 Å². The zero-order chi connectivity index (χ0) is 26.6. The first kappa shape index (κ1) is 28.1. The number of hydrogen-bond donors (Lipinski definition) is 4. The molecule has 9 nitrogen and oxygen atoms in total. The molecule has 0 spiro atoms.